The molecule has 116 valence electrons. The fourth-order valence-corrected chi connectivity index (χ4v) is 1.84. The van der Waals surface area contributed by atoms with E-state index in [1.54, 1.807) is 6.07 Å². The van der Waals surface area contributed by atoms with Crippen LogP contribution >= 0.6 is 0 Å². The molecule has 1 rings (SSSR count). The fourth-order valence-electron chi connectivity index (χ4n) is 1.84. The minimum Gasteiger partial charge on any atom is -0.468 e. The van der Waals surface area contributed by atoms with Crippen LogP contribution in [0.25, 0.3) is 0 Å². The third-order valence-corrected chi connectivity index (χ3v) is 2.94. The molecular formula is C14H19FN2O4. The minimum absolute atomic E-state index is 0.105. The van der Waals surface area contributed by atoms with E-state index in [-0.39, 0.29) is 26.2 Å². The van der Waals surface area contributed by atoms with Crippen molar-refractivity contribution in [3.8, 4) is 0 Å². The van der Waals surface area contributed by atoms with E-state index in [9.17, 15) is 14.0 Å². The molecule has 0 saturated heterocycles. The number of esters is 2. The van der Waals surface area contributed by atoms with Crippen molar-refractivity contribution in [1.82, 2.24) is 4.90 Å². The smallest absolute Gasteiger partial charge is 0.319 e. The molecule has 1 aromatic rings. The van der Waals surface area contributed by atoms with Gasteiger partial charge in [-0.2, -0.15) is 0 Å². The van der Waals surface area contributed by atoms with E-state index in [2.05, 4.69) is 9.47 Å². The van der Waals surface area contributed by atoms with Crippen LogP contribution in [0.2, 0.25) is 0 Å². The van der Waals surface area contributed by atoms with E-state index in [0.29, 0.717) is 5.56 Å². The largest absolute Gasteiger partial charge is 0.468 e. The van der Waals surface area contributed by atoms with E-state index in [0.717, 1.165) is 5.56 Å². The van der Waals surface area contributed by atoms with E-state index in [1.807, 2.05) is 0 Å². The molecule has 1 aromatic carbocycles. The Bertz CT molecular complexity index is 490. The average Bonchev–Trinajstić information content (AvgIpc) is 2.47. The van der Waals surface area contributed by atoms with Gasteiger partial charge in [-0.3, -0.25) is 14.5 Å². The van der Waals surface area contributed by atoms with Gasteiger partial charge in [-0.15, -0.1) is 0 Å². The van der Waals surface area contributed by atoms with Gasteiger partial charge in [0.05, 0.1) is 27.3 Å². The number of hydrogen-bond acceptors (Lipinski definition) is 6. The number of nitrogens with zero attached hydrogens (tertiary/aromatic N) is 1. The lowest BCUT2D eigenvalue weighted by Gasteiger charge is -2.21. The van der Waals surface area contributed by atoms with Crippen molar-refractivity contribution in [1.29, 1.82) is 0 Å². The summed E-state index contributed by atoms with van der Waals surface area (Å²) in [6, 6.07) is 4.24. The summed E-state index contributed by atoms with van der Waals surface area (Å²) in [4.78, 5) is 24.3. The third-order valence-electron chi connectivity index (χ3n) is 2.94. The summed E-state index contributed by atoms with van der Waals surface area (Å²) >= 11 is 0. The second-order valence-corrected chi connectivity index (χ2v) is 4.41. The summed E-state index contributed by atoms with van der Waals surface area (Å²) in [5, 5.41) is 0. The van der Waals surface area contributed by atoms with Gasteiger partial charge < -0.3 is 15.2 Å². The molecule has 2 N–H and O–H groups in total. The Morgan fingerprint density at radius 1 is 1.14 bits per heavy atom. The molecular weight excluding hydrogens is 279 g/mol. The van der Waals surface area contributed by atoms with Crippen molar-refractivity contribution in [2.75, 3.05) is 27.3 Å². The van der Waals surface area contributed by atoms with Crippen molar-refractivity contribution in [2.45, 2.75) is 13.1 Å². The molecule has 21 heavy (non-hydrogen) atoms. The first-order chi connectivity index (χ1) is 9.99. The number of nitrogens with two attached hydrogens (primary N) is 1. The topological polar surface area (TPSA) is 81.9 Å². The molecule has 0 aromatic heterocycles. The van der Waals surface area contributed by atoms with Gasteiger partial charge in [0.25, 0.3) is 0 Å². The Morgan fingerprint density at radius 2 is 1.71 bits per heavy atom. The first-order valence-electron chi connectivity index (χ1n) is 6.33. The average molecular weight is 298 g/mol. The number of methoxy groups -OCH3 is 2. The molecule has 0 saturated carbocycles. The molecule has 0 radical (unpaired) electrons. The number of ether oxygens (including phenoxy) is 2. The molecule has 0 atom stereocenters. The van der Waals surface area contributed by atoms with E-state index >= 15 is 0 Å². The van der Waals surface area contributed by atoms with Gasteiger partial charge in [0.2, 0.25) is 0 Å². The molecule has 0 amide bonds. The number of benzene rings is 1. The maximum absolute atomic E-state index is 13.3. The van der Waals surface area contributed by atoms with Crippen LogP contribution in [-0.2, 0) is 32.2 Å². The first kappa shape index (κ1) is 17.1. The highest BCUT2D eigenvalue weighted by Gasteiger charge is 2.17. The molecule has 0 unspecified atom stereocenters. The van der Waals surface area contributed by atoms with Crippen molar-refractivity contribution >= 4 is 11.9 Å². The Balaban J connectivity index is 2.91. The van der Waals surface area contributed by atoms with Gasteiger partial charge in [0.1, 0.15) is 5.82 Å². The van der Waals surface area contributed by atoms with Crippen molar-refractivity contribution in [3.63, 3.8) is 0 Å². The lowest BCUT2D eigenvalue weighted by molar-refractivity contribution is -0.145. The first-order valence-corrected chi connectivity index (χ1v) is 6.33. The van der Waals surface area contributed by atoms with Crippen LogP contribution in [0.15, 0.2) is 18.2 Å². The van der Waals surface area contributed by atoms with Gasteiger partial charge in [0.15, 0.2) is 0 Å². The van der Waals surface area contributed by atoms with Crippen molar-refractivity contribution in [3.05, 3.63) is 35.1 Å². The van der Waals surface area contributed by atoms with Gasteiger partial charge in [-0.25, -0.2) is 4.39 Å². The second-order valence-electron chi connectivity index (χ2n) is 4.41. The third kappa shape index (κ3) is 5.49. The van der Waals surface area contributed by atoms with Crippen LogP contribution in [0.1, 0.15) is 11.1 Å². The van der Waals surface area contributed by atoms with Gasteiger partial charge in [-0.1, -0.05) is 6.07 Å². The molecule has 6 nitrogen and oxygen atoms in total. The number of hydrogen-bond donors (Lipinski definition) is 1. The van der Waals surface area contributed by atoms with Crippen LogP contribution in [0, 0.1) is 5.82 Å². The molecule has 0 spiro atoms. The maximum atomic E-state index is 13.3. The summed E-state index contributed by atoms with van der Waals surface area (Å²) in [5.74, 6) is -1.40. The highest BCUT2D eigenvalue weighted by atomic mass is 19.1. The normalized spacial score (nSPS) is 10.5. The van der Waals surface area contributed by atoms with Gasteiger partial charge in [0, 0.05) is 13.1 Å². The summed E-state index contributed by atoms with van der Waals surface area (Å²) in [6.45, 7) is 0.215. The van der Waals surface area contributed by atoms with Crippen LogP contribution in [0.5, 0.6) is 0 Å². The Hall–Kier alpha value is -1.99. The Labute approximate surface area is 122 Å². The summed E-state index contributed by atoms with van der Waals surface area (Å²) < 4.78 is 22.5. The monoisotopic (exact) mass is 298 g/mol. The maximum Gasteiger partial charge on any atom is 0.319 e. The number of halogens is 1. The number of carbonyl (C=O) groups excluding carboxylic acids is 2. The highest BCUT2D eigenvalue weighted by molar-refractivity contribution is 5.74. The van der Waals surface area contributed by atoms with Crippen LogP contribution < -0.4 is 5.73 Å². The zero-order chi connectivity index (χ0) is 15.8. The molecule has 0 heterocycles. The predicted octanol–water partition coefficient (Wildman–Crippen LogP) is 0.432. The van der Waals surface area contributed by atoms with E-state index in [1.165, 1.54) is 31.3 Å². The van der Waals surface area contributed by atoms with E-state index in [4.69, 9.17) is 5.73 Å². The molecule has 0 fully saturated rings. The molecule has 7 heteroatoms. The highest BCUT2D eigenvalue weighted by Crippen LogP contribution is 2.14. The quantitative estimate of drug-likeness (QED) is 0.735. The fraction of sp³-hybridized carbons (Fsp3) is 0.429. The van der Waals surface area contributed by atoms with E-state index < -0.39 is 17.8 Å². The van der Waals surface area contributed by atoms with Gasteiger partial charge in [-0.05, 0) is 23.3 Å². The molecule has 0 aliphatic rings. The summed E-state index contributed by atoms with van der Waals surface area (Å²) in [7, 11) is 2.51. The lowest BCUT2D eigenvalue weighted by Crippen LogP contribution is -2.35. The number of carbonyl (C=O) groups is 2. The molecule has 0 aliphatic carbocycles. The zero-order valence-electron chi connectivity index (χ0n) is 12.1. The summed E-state index contributed by atoms with van der Waals surface area (Å²) in [5.41, 5.74) is 6.97. The lowest BCUT2D eigenvalue weighted by atomic mass is 10.1. The van der Waals surface area contributed by atoms with Crippen LogP contribution in [0.4, 0.5) is 4.39 Å². The van der Waals surface area contributed by atoms with Crippen molar-refractivity contribution in [2.24, 2.45) is 5.73 Å². The molecule has 0 aliphatic heterocycles. The SMILES string of the molecule is COC(=O)CN(CC(=O)OC)Cc1cc(F)ccc1CN. The zero-order valence-corrected chi connectivity index (χ0v) is 12.1. The van der Waals surface area contributed by atoms with Gasteiger partial charge >= 0.3 is 11.9 Å². The van der Waals surface area contributed by atoms with Crippen LogP contribution in [-0.4, -0.2) is 44.1 Å². The standard InChI is InChI=1S/C14H19FN2O4/c1-20-13(18)8-17(9-14(19)21-2)7-11-5-12(15)4-3-10(11)6-16/h3-5H,6-9,16H2,1-2H3. The second kappa shape index (κ2) is 8.33. The van der Waals surface area contributed by atoms with Crippen LogP contribution in [0.3, 0.4) is 0 Å². The Kier molecular flexibility index (Phi) is 6.77. The minimum atomic E-state index is -0.496. The molecule has 0 bridgehead atoms. The Morgan fingerprint density at radius 3 is 2.19 bits per heavy atom. The predicted molar refractivity (Wildman–Crippen MR) is 73.6 cm³/mol. The van der Waals surface area contributed by atoms with Crippen molar-refractivity contribution < 1.29 is 23.5 Å². The number of rotatable bonds is 7. The summed E-state index contributed by atoms with van der Waals surface area (Å²) in [6.07, 6.45) is 0.